The number of nitrogens with zero attached hydrogens (tertiary/aromatic N) is 2. The molecule has 0 bridgehead atoms. The Morgan fingerprint density at radius 2 is 2.18 bits per heavy atom. The first kappa shape index (κ1) is 11.5. The van der Waals surface area contributed by atoms with Crippen molar-refractivity contribution in [1.82, 2.24) is 9.97 Å². The highest BCUT2D eigenvalue weighted by Gasteiger charge is 2.13. The summed E-state index contributed by atoms with van der Waals surface area (Å²) >= 11 is 0. The third kappa shape index (κ3) is 2.76. The molecule has 0 spiro atoms. The summed E-state index contributed by atoms with van der Waals surface area (Å²) in [4.78, 5) is 7.48. The molecular formula is C12H12FN3O. The van der Waals surface area contributed by atoms with Crippen LogP contribution in [0.4, 0.5) is 10.2 Å². The maximum Gasteiger partial charge on any atom is 0.147 e. The van der Waals surface area contributed by atoms with Gasteiger partial charge in [0, 0.05) is 24.4 Å². The Morgan fingerprint density at radius 3 is 2.88 bits per heavy atom. The molecule has 4 nitrogen and oxygen atoms in total. The largest absolute Gasteiger partial charge is 0.388 e. The number of hydrogen-bond donors (Lipinski definition) is 2. The molecule has 1 unspecified atom stereocenters. The van der Waals surface area contributed by atoms with Gasteiger partial charge in [-0.2, -0.15) is 0 Å². The number of nitrogens with two attached hydrogens (primary N) is 1. The Hall–Kier alpha value is -2.01. The molecule has 2 aromatic rings. The molecule has 0 fully saturated rings. The monoisotopic (exact) mass is 233 g/mol. The van der Waals surface area contributed by atoms with Crippen LogP contribution >= 0.6 is 0 Å². The van der Waals surface area contributed by atoms with Crippen molar-refractivity contribution in [3.63, 3.8) is 0 Å². The fourth-order valence-corrected chi connectivity index (χ4v) is 1.61. The predicted molar refractivity (Wildman–Crippen MR) is 61.5 cm³/mol. The second kappa shape index (κ2) is 4.88. The highest BCUT2D eigenvalue weighted by Crippen LogP contribution is 2.20. The first-order chi connectivity index (χ1) is 8.16. The van der Waals surface area contributed by atoms with Gasteiger partial charge in [-0.25, -0.2) is 9.37 Å². The molecular weight excluding hydrogens is 221 g/mol. The van der Waals surface area contributed by atoms with E-state index < -0.39 is 11.9 Å². The molecule has 2 rings (SSSR count). The van der Waals surface area contributed by atoms with Gasteiger partial charge in [0.25, 0.3) is 0 Å². The van der Waals surface area contributed by atoms with Crippen molar-refractivity contribution in [3.8, 4) is 0 Å². The molecule has 0 saturated carbocycles. The van der Waals surface area contributed by atoms with Gasteiger partial charge in [-0.15, -0.1) is 0 Å². The first-order valence-corrected chi connectivity index (χ1v) is 5.14. The van der Waals surface area contributed by atoms with Gasteiger partial charge in [0.2, 0.25) is 0 Å². The van der Waals surface area contributed by atoms with E-state index in [4.69, 9.17) is 5.73 Å². The van der Waals surface area contributed by atoms with Crippen molar-refractivity contribution < 1.29 is 9.50 Å². The van der Waals surface area contributed by atoms with Crippen LogP contribution in [0.1, 0.15) is 17.2 Å². The van der Waals surface area contributed by atoms with Crippen molar-refractivity contribution in [3.05, 3.63) is 53.7 Å². The van der Waals surface area contributed by atoms with E-state index in [1.165, 1.54) is 12.3 Å². The summed E-state index contributed by atoms with van der Waals surface area (Å²) in [5.74, 6) is -0.132. The summed E-state index contributed by atoms with van der Waals surface area (Å²) in [6.45, 7) is 0. The number of hydrogen-bond acceptors (Lipinski definition) is 4. The summed E-state index contributed by atoms with van der Waals surface area (Å²) in [5, 5.41) is 9.92. The maximum absolute atomic E-state index is 13.4. The van der Waals surface area contributed by atoms with Gasteiger partial charge in [-0.3, -0.25) is 4.98 Å². The van der Waals surface area contributed by atoms with E-state index in [-0.39, 0.29) is 12.0 Å². The molecule has 3 N–H and O–H groups in total. The topological polar surface area (TPSA) is 72.0 Å². The number of aliphatic hydroxyl groups excluding tert-OH is 1. The highest BCUT2D eigenvalue weighted by atomic mass is 19.1. The van der Waals surface area contributed by atoms with Crippen LogP contribution in [0.25, 0.3) is 0 Å². The Bertz CT molecular complexity index is 519. The van der Waals surface area contributed by atoms with Crippen molar-refractivity contribution in [2.24, 2.45) is 0 Å². The minimum absolute atomic E-state index is 0.232. The van der Waals surface area contributed by atoms with E-state index in [1.807, 2.05) is 0 Å². The lowest BCUT2D eigenvalue weighted by atomic mass is 10.0. The number of halogens is 1. The second-order valence-electron chi connectivity index (χ2n) is 3.71. The number of nitrogen functional groups attached to an aromatic ring is 1. The SMILES string of the molecule is Nc1cc(CC(O)c2ccncc2F)ccn1. The lowest BCUT2D eigenvalue weighted by molar-refractivity contribution is 0.173. The second-order valence-corrected chi connectivity index (χ2v) is 3.71. The number of anilines is 1. The lowest BCUT2D eigenvalue weighted by Gasteiger charge is -2.11. The molecule has 0 saturated heterocycles. The van der Waals surface area contributed by atoms with Crippen molar-refractivity contribution in [2.45, 2.75) is 12.5 Å². The number of pyridine rings is 2. The van der Waals surface area contributed by atoms with Crippen LogP contribution in [-0.4, -0.2) is 15.1 Å². The van der Waals surface area contributed by atoms with Crippen LogP contribution in [-0.2, 0) is 6.42 Å². The van der Waals surface area contributed by atoms with Gasteiger partial charge in [-0.05, 0) is 23.8 Å². The number of rotatable bonds is 3. The molecule has 2 aromatic heterocycles. The third-order valence-corrected chi connectivity index (χ3v) is 2.44. The van der Waals surface area contributed by atoms with Gasteiger partial charge in [0.05, 0.1) is 12.3 Å². The molecule has 2 heterocycles. The van der Waals surface area contributed by atoms with Gasteiger partial charge in [0.15, 0.2) is 0 Å². The van der Waals surface area contributed by atoms with Crippen LogP contribution < -0.4 is 5.73 Å². The lowest BCUT2D eigenvalue weighted by Crippen LogP contribution is -2.05. The molecule has 0 amide bonds. The zero-order chi connectivity index (χ0) is 12.3. The van der Waals surface area contributed by atoms with E-state index in [2.05, 4.69) is 9.97 Å². The standard InChI is InChI=1S/C12H12FN3O/c13-10-7-15-3-2-9(10)11(17)5-8-1-4-16-12(14)6-8/h1-4,6-7,11,17H,5H2,(H2,14,16). The quantitative estimate of drug-likeness (QED) is 0.842. The van der Waals surface area contributed by atoms with Crippen LogP contribution in [0.2, 0.25) is 0 Å². The summed E-state index contributed by atoms with van der Waals surface area (Å²) in [7, 11) is 0. The predicted octanol–water partition coefficient (Wildman–Crippen LogP) is 1.47. The Morgan fingerprint density at radius 1 is 1.35 bits per heavy atom. The normalized spacial score (nSPS) is 12.4. The van der Waals surface area contributed by atoms with Gasteiger partial charge in [-0.1, -0.05) is 0 Å². The van der Waals surface area contributed by atoms with Crippen LogP contribution in [0.15, 0.2) is 36.8 Å². The third-order valence-electron chi connectivity index (χ3n) is 2.44. The van der Waals surface area contributed by atoms with E-state index in [9.17, 15) is 9.50 Å². The smallest absolute Gasteiger partial charge is 0.147 e. The average Bonchev–Trinajstić information content (AvgIpc) is 2.29. The van der Waals surface area contributed by atoms with E-state index in [0.717, 1.165) is 11.8 Å². The number of aliphatic hydroxyl groups is 1. The van der Waals surface area contributed by atoms with Crippen molar-refractivity contribution in [1.29, 1.82) is 0 Å². The van der Waals surface area contributed by atoms with Gasteiger partial charge >= 0.3 is 0 Å². The average molecular weight is 233 g/mol. The summed E-state index contributed by atoms with van der Waals surface area (Å²) < 4.78 is 13.4. The first-order valence-electron chi connectivity index (χ1n) is 5.14. The highest BCUT2D eigenvalue weighted by molar-refractivity contribution is 5.32. The van der Waals surface area contributed by atoms with Gasteiger partial charge in [0.1, 0.15) is 11.6 Å². The molecule has 17 heavy (non-hydrogen) atoms. The Labute approximate surface area is 98.0 Å². The van der Waals surface area contributed by atoms with Crippen molar-refractivity contribution in [2.75, 3.05) is 5.73 Å². The summed E-state index contributed by atoms with van der Waals surface area (Å²) in [6, 6.07) is 4.85. The molecule has 0 aliphatic carbocycles. The molecule has 5 heteroatoms. The van der Waals surface area contributed by atoms with E-state index in [0.29, 0.717) is 5.82 Å². The van der Waals surface area contributed by atoms with Crippen molar-refractivity contribution >= 4 is 5.82 Å². The molecule has 0 aliphatic rings. The zero-order valence-electron chi connectivity index (χ0n) is 9.05. The van der Waals surface area contributed by atoms with E-state index >= 15 is 0 Å². The fraction of sp³-hybridized carbons (Fsp3) is 0.167. The van der Waals surface area contributed by atoms with Crippen LogP contribution in [0.5, 0.6) is 0 Å². The minimum atomic E-state index is -0.917. The molecule has 0 aliphatic heterocycles. The van der Waals surface area contributed by atoms with Crippen LogP contribution in [0.3, 0.4) is 0 Å². The number of aromatic nitrogens is 2. The minimum Gasteiger partial charge on any atom is -0.388 e. The summed E-state index contributed by atoms with van der Waals surface area (Å²) in [5.41, 5.74) is 6.56. The maximum atomic E-state index is 13.4. The molecule has 0 aromatic carbocycles. The van der Waals surface area contributed by atoms with Crippen LogP contribution in [0, 0.1) is 5.82 Å². The molecule has 1 atom stereocenters. The van der Waals surface area contributed by atoms with E-state index in [1.54, 1.807) is 18.3 Å². The summed E-state index contributed by atoms with van der Waals surface area (Å²) in [6.07, 6.45) is 3.45. The zero-order valence-corrected chi connectivity index (χ0v) is 9.05. The fourth-order valence-electron chi connectivity index (χ4n) is 1.61. The Balaban J connectivity index is 2.17. The van der Waals surface area contributed by atoms with Gasteiger partial charge < -0.3 is 10.8 Å². The molecule has 0 radical (unpaired) electrons. The Kier molecular flexibility index (Phi) is 3.30. The molecule has 88 valence electrons.